The Hall–Kier alpha value is -1.22. The van der Waals surface area contributed by atoms with E-state index >= 15 is 0 Å². The Kier molecular flexibility index (Phi) is 4.43. The summed E-state index contributed by atoms with van der Waals surface area (Å²) < 4.78 is 0. The third-order valence-corrected chi connectivity index (χ3v) is 2.67. The van der Waals surface area contributed by atoms with E-state index in [9.17, 15) is 9.90 Å². The summed E-state index contributed by atoms with van der Waals surface area (Å²) in [5, 5.41) is 9.71. The third kappa shape index (κ3) is 3.80. The van der Waals surface area contributed by atoms with Crippen molar-refractivity contribution >= 4 is 5.78 Å². The predicted molar refractivity (Wildman–Crippen MR) is 58.4 cm³/mol. The van der Waals surface area contributed by atoms with E-state index in [0.717, 1.165) is 12.0 Å². The Morgan fingerprint density at radius 2 is 2.33 bits per heavy atom. The Labute approximate surface area is 90.2 Å². The highest BCUT2D eigenvalue weighted by Gasteiger charge is 2.17. The number of aryl methyl sites for hydroxylation is 1. The van der Waals surface area contributed by atoms with Crippen LogP contribution in [0.15, 0.2) is 24.5 Å². The summed E-state index contributed by atoms with van der Waals surface area (Å²) in [6, 6.07) is 3.84. The van der Waals surface area contributed by atoms with Gasteiger partial charge in [0.1, 0.15) is 5.78 Å². The molecule has 3 heteroatoms. The molecule has 1 N–H and O–H groups in total. The van der Waals surface area contributed by atoms with Gasteiger partial charge in [0.25, 0.3) is 0 Å². The molecule has 82 valence electrons. The van der Waals surface area contributed by atoms with Crippen molar-refractivity contribution in [1.82, 2.24) is 4.98 Å². The maximum atomic E-state index is 11.0. The number of ketones is 1. The fourth-order valence-electron chi connectivity index (χ4n) is 1.38. The number of nitrogens with zero attached hydrogens (tertiary/aromatic N) is 1. The van der Waals surface area contributed by atoms with Crippen LogP contribution in [-0.2, 0) is 11.2 Å². The summed E-state index contributed by atoms with van der Waals surface area (Å²) in [4.78, 5) is 15.0. The van der Waals surface area contributed by atoms with Gasteiger partial charge in [-0.3, -0.25) is 9.78 Å². The summed E-state index contributed by atoms with van der Waals surface area (Å²) in [7, 11) is 0. The van der Waals surface area contributed by atoms with E-state index in [1.165, 1.54) is 6.92 Å². The molecule has 2 unspecified atom stereocenters. The fourth-order valence-corrected chi connectivity index (χ4v) is 1.38. The minimum atomic E-state index is -0.553. The minimum absolute atomic E-state index is 0.0358. The fraction of sp³-hybridized carbons (Fsp3) is 0.500. The van der Waals surface area contributed by atoms with Crippen LogP contribution in [0.1, 0.15) is 25.8 Å². The van der Waals surface area contributed by atoms with E-state index in [1.807, 2.05) is 12.1 Å². The maximum Gasteiger partial charge on any atom is 0.135 e. The van der Waals surface area contributed by atoms with Gasteiger partial charge in [0.05, 0.1) is 6.10 Å². The van der Waals surface area contributed by atoms with Crippen LogP contribution in [-0.4, -0.2) is 22.0 Å². The van der Waals surface area contributed by atoms with Gasteiger partial charge in [-0.15, -0.1) is 0 Å². The van der Waals surface area contributed by atoms with Crippen molar-refractivity contribution in [2.24, 2.45) is 5.92 Å². The van der Waals surface area contributed by atoms with Crippen molar-refractivity contribution < 1.29 is 9.90 Å². The van der Waals surface area contributed by atoms with E-state index in [2.05, 4.69) is 4.98 Å². The molecule has 1 aromatic heterocycles. The molecule has 2 atom stereocenters. The highest BCUT2D eigenvalue weighted by molar-refractivity contribution is 5.78. The van der Waals surface area contributed by atoms with E-state index in [1.54, 1.807) is 19.3 Å². The van der Waals surface area contributed by atoms with Crippen LogP contribution in [0.4, 0.5) is 0 Å². The molecule has 0 radical (unpaired) electrons. The summed E-state index contributed by atoms with van der Waals surface area (Å²) in [6.07, 6.45) is 4.31. The van der Waals surface area contributed by atoms with Gasteiger partial charge in [0, 0.05) is 18.3 Å². The van der Waals surface area contributed by atoms with Crippen molar-refractivity contribution in [2.75, 3.05) is 0 Å². The van der Waals surface area contributed by atoms with E-state index in [4.69, 9.17) is 0 Å². The first-order valence-corrected chi connectivity index (χ1v) is 5.18. The number of hydrogen-bond acceptors (Lipinski definition) is 3. The topological polar surface area (TPSA) is 50.2 Å². The molecule has 0 spiro atoms. The van der Waals surface area contributed by atoms with Gasteiger partial charge in [-0.25, -0.2) is 0 Å². The van der Waals surface area contributed by atoms with Crippen LogP contribution in [0.3, 0.4) is 0 Å². The Bertz CT molecular complexity index is 311. The molecular weight excluding hydrogens is 190 g/mol. The van der Waals surface area contributed by atoms with Gasteiger partial charge in [0.2, 0.25) is 0 Å². The van der Waals surface area contributed by atoms with Crippen LogP contribution in [0, 0.1) is 5.92 Å². The standard InChI is InChI=1S/C12H17NO2/c1-9(10(2)14)12(15)6-5-11-4-3-7-13-8-11/h3-4,7-9,12,15H,5-6H2,1-2H3. The first-order chi connectivity index (χ1) is 7.11. The zero-order valence-electron chi connectivity index (χ0n) is 9.18. The van der Waals surface area contributed by atoms with Crippen molar-refractivity contribution in [1.29, 1.82) is 0 Å². The van der Waals surface area contributed by atoms with Crippen LogP contribution in [0.25, 0.3) is 0 Å². The summed E-state index contributed by atoms with van der Waals surface area (Å²) >= 11 is 0. The molecule has 0 saturated heterocycles. The second-order valence-electron chi connectivity index (χ2n) is 3.87. The van der Waals surface area contributed by atoms with Crippen molar-refractivity contribution in [2.45, 2.75) is 32.8 Å². The van der Waals surface area contributed by atoms with Crippen LogP contribution >= 0.6 is 0 Å². The lowest BCUT2D eigenvalue weighted by Gasteiger charge is -2.15. The quantitative estimate of drug-likeness (QED) is 0.797. The van der Waals surface area contributed by atoms with E-state index in [0.29, 0.717) is 6.42 Å². The lowest BCUT2D eigenvalue weighted by Crippen LogP contribution is -2.24. The number of aliphatic hydroxyl groups excluding tert-OH is 1. The van der Waals surface area contributed by atoms with Crippen LogP contribution in [0.2, 0.25) is 0 Å². The number of hydrogen-bond donors (Lipinski definition) is 1. The largest absolute Gasteiger partial charge is 0.392 e. The van der Waals surface area contributed by atoms with Crippen molar-refractivity contribution in [3.8, 4) is 0 Å². The number of carbonyl (C=O) groups is 1. The predicted octanol–water partition coefficient (Wildman–Crippen LogP) is 1.60. The average Bonchev–Trinajstić information content (AvgIpc) is 2.26. The molecule has 0 aliphatic carbocycles. The van der Waals surface area contributed by atoms with Crippen molar-refractivity contribution in [3.05, 3.63) is 30.1 Å². The molecular formula is C12H17NO2. The van der Waals surface area contributed by atoms with Gasteiger partial charge in [-0.1, -0.05) is 13.0 Å². The molecule has 3 nitrogen and oxygen atoms in total. The molecule has 0 aromatic carbocycles. The number of aromatic nitrogens is 1. The Balaban J connectivity index is 2.41. The van der Waals surface area contributed by atoms with Crippen molar-refractivity contribution in [3.63, 3.8) is 0 Å². The van der Waals surface area contributed by atoms with E-state index in [-0.39, 0.29) is 11.7 Å². The number of rotatable bonds is 5. The Morgan fingerprint density at radius 1 is 1.60 bits per heavy atom. The lowest BCUT2D eigenvalue weighted by molar-refractivity contribution is -0.123. The first-order valence-electron chi connectivity index (χ1n) is 5.18. The van der Waals surface area contributed by atoms with Gasteiger partial charge in [-0.2, -0.15) is 0 Å². The highest BCUT2D eigenvalue weighted by atomic mass is 16.3. The lowest BCUT2D eigenvalue weighted by atomic mass is 9.95. The molecule has 0 fully saturated rings. The normalized spacial score (nSPS) is 14.6. The summed E-state index contributed by atoms with van der Waals surface area (Å²) in [5.74, 6) is -0.240. The number of pyridine rings is 1. The molecule has 1 rings (SSSR count). The summed E-state index contributed by atoms with van der Waals surface area (Å²) in [6.45, 7) is 3.27. The van der Waals surface area contributed by atoms with Gasteiger partial charge >= 0.3 is 0 Å². The molecule has 0 saturated carbocycles. The first kappa shape index (κ1) is 11.9. The third-order valence-electron chi connectivity index (χ3n) is 2.67. The SMILES string of the molecule is CC(=O)C(C)C(O)CCc1cccnc1. The molecule has 1 aromatic rings. The van der Waals surface area contributed by atoms with Gasteiger partial charge < -0.3 is 5.11 Å². The summed E-state index contributed by atoms with van der Waals surface area (Å²) in [5.41, 5.74) is 1.09. The second kappa shape index (κ2) is 5.61. The van der Waals surface area contributed by atoms with Crippen LogP contribution in [0.5, 0.6) is 0 Å². The molecule has 0 bridgehead atoms. The zero-order chi connectivity index (χ0) is 11.3. The maximum absolute atomic E-state index is 11.0. The number of aliphatic hydroxyl groups is 1. The minimum Gasteiger partial charge on any atom is -0.392 e. The van der Waals surface area contributed by atoms with Crippen LogP contribution < -0.4 is 0 Å². The molecule has 0 aliphatic heterocycles. The molecule has 0 aliphatic rings. The second-order valence-corrected chi connectivity index (χ2v) is 3.87. The molecule has 0 amide bonds. The molecule has 1 heterocycles. The van der Waals surface area contributed by atoms with E-state index < -0.39 is 6.10 Å². The molecule has 15 heavy (non-hydrogen) atoms. The number of carbonyl (C=O) groups excluding carboxylic acids is 1. The van der Waals surface area contributed by atoms with Gasteiger partial charge in [0.15, 0.2) is 0 Å². The number of Topliss-reactive ketones (excluding diaryl/α,β-unsaturated/α-hetero) is 1. The smallest absolute Gasteiger partial charge is 0.135 e. The highest BCUT2D eigenvalue weighted by Crippen LogP contribution is 2.11. The van der Waals surface area contributed by atoms with Gasteiger partial charge in [-0.05, 0) is 31.4 Å². The monoisotopic (exact) mass is 207 g/mol. The zero-order valence-corrected chi connectivity index (χ0v) is 9.18. The average molecular weight is 207 g/mol. The Morgan fingerprint density at radius 3 is 2.87 bits per heavy atom.